The Kier molecular flexibility index (Phi) is 4.78. The smallest absolute Gasteiger partial charge is 0.238 e. The van der Waals surface area contributed by atoms with Crippen molar-refractivity contribution in [3.63, 3.8) is 0 Å². The molecule has 5 nitrogen and oxygen atoms in total. The lowest BCUT2D eigenvalue weighted by molar-refractivity contribution is -0.115. The van der Waals surface area contributed by atoms with Crippen LogP contribution in [0.3, 0.4) is 0 Å². The topological polar surface area (TPSA) is 59.0 Å². The molecule has 0 spiro atoms. The van der Waals surface area contributed by atoms with Gasteiger partial charge in [-0.1, -0.05) is 11.6 Å². The maximum atomic E-state index is 12.4. The summed E-state index contributed by atoms with van der Waals surface area (Å²) >= 11 is 7.37. The number of benzene rings is 2. The highest BCUT2D eigenvalue weighted by Gasteiger charge is 2.37. The lowest BCUT2D eigenvalue weighted by Gasteiger charge is -2.26. The van der Waals surface area contributed by atoms with Gasteiger partial charge < -0.3 is 14.6 Å². The first-order valence-corrected chi connectivity index (χ1v) is 8.62. The van der Waals surface area contributed by atoms with Gasteiger partial charge in [-0.2, -0.15) is 0 Å². The summed E-state index contributed by atoms with van der Waals surface area (Å²) in [6.07, 6.45) is 0. The summed E-state index contributed by atoms with van der Waals surface area (Å²) in [5.74, 6) is 1.50. The second-order valence-corrected chi connectivity index (χ2v) is 6.67. The molecule has 1 atom stereocenters. The van der Waals surface area contributed by atoms with E-state index in [1.54, 1.807) is 37.3 Å². The first kappa shape index (κ1) is 16.8. The van der Waals surface area contributed by atoms with Crippen molar-refractivity contribution in [2.45, 2.75) is 5.37 Å². The monoisotopic (exact) mass is 365 g/mol. The van der Waals surface area contributed by atoms with E-state index in [0.717, 1.165) is 5.56 Å². The fourth-order valence-corrected chi connectivity index (χ4v) is 4.00. The quantitative estimate of drug-likeness (QED) is 0.892. The molecule has 1 unspecified atom stereocenters. The average molecular weight is 366 g/mol. The number of carbonyl (C=O) groups excluding carboxylic acids is 1. The maximum absolute atomic E-state index is 12.4. The van der Waals surface area contributed by atoms with E-state index in [1.165, 1.54) is 17.8 Å². The number of hydrogen-bond donors (Lipinski definition) is 1. The zero-order valence-electron chi connectivity index (χ0n) is 13.2. The lowest BCUT2D eigenvalue weighted by Crippen LogP contribution is -2.28. The molecule has 1 heterocycles. The van der Waals surface area contributed by atoms with Crippen molar-refractivity contribution in [2.75, 3.05) is 24.9 Å². The van der Waals surface area contributed by atoms with Crippen molar-refractivity contribution in [2.24, 2.45) is 0 Å². The predicted molar refractivity (Wildman–Crippen MR) is 95.3 cm³/mol. The third kappa shape index (κ3) is 2.99. The number of phenols is 1. The van der Waals surface area contributed by atoms with E-state index in [1.807, 2.05) is 12.1 Å². The predicted octanol–water partition coefficient (Wildman–Crippen LogP) is 3.84. The van der Waals surface area contributed by atoms with Crippen LogP contribution in [-0.4, -0.2) is 31.0 Å². The van der Waals surface area contributed by atoms with E-state index in [4.69, 9.17) is 21.1 Å². The van der Waals surface area contributed by atoms with Crippen molar-refractivity contribution in [3.8, 4) is 17.2 Å². The second kappa shape index (κ2) is 6.83. The van der Waals surface area contributed by atoms with Gasteiger partial charge in [0.05, 0.1) is 25.7 Å². The first-order chi connectivity index (χ1) is 11.5. The van der Waals surface area contributed by atoms with Crippen LogP contribution in [0.25, 0.3) is 0 Å². The first-order valence-electron chi connectivity index (χ1n) is 7.19. The zero-order valence-corrected chi connectivity index (χ0v) is 14.7. The third-order valence-corrected chi connectivity index (χ3v) is 5.20. The van der Waals surface area contributed by atoms with Crippen molar-refractivity contribution in [1.82, 2.24) is 0 Å². The summed E-state index contributed by atoms with van der Waals surface area (Å²) in [6.45, 7) is 0. The molecule has 1 aliphatic heterocycles. The highest BCUT2D eigenvalue weighted by Crippen LogP contribution is 2.47. The van der Waals surface area contributed by atoms with Crippen molar-refractivity contribution < 1.29 is 19.4 Å². The molecule has 1 aliphatic rings. The van der Waals surface area contributed by atoms with Crippen LogP contribution >= 0.6 is 23.4 Å². The number of carbonyl (C=O) groups is 1. The van der Waals surface area contributed by atoms with Crippen LogP contribution in [0.2, 0.25) is 5.02 Å². The van der Waals surface area contributed by atoms with Crippen LogP contribution in [0, 0.1) is 0 Å². The second-order valence-electron chi connectivity index (χ2n) is 5.17. The largest absolute Gasteiger partial charge is 0.506 e. The van der Waals surface area contributed by atoms with Gasteiger partial charge in [0.15, 0.2) is 0 Å². The number of anilines is 1. The number of hydrogen-bond acceptors (Lipinski definition) is 5. The minimum atomic E-state index is -0.301. The molecule has 0 aliphatic carbocycles. The summed E-state index contributed by atoms with van der Waals surface area (Å²) in [4.78, 5) is 14.0. The molecule has 1 saturated heterocycles. The molecular weight excluding hydrogens is 350 g/mol. The average Bonchev–Trinajstić information content (AvgIpc) is 2.95. The van der Waals surface area contributed by atoms with E-state index in [9.17, 15) is 9.90 Å². The van der Waals surface area contributed by atoms with Crippen LogP contribution in [-0.2, 0) is 4.79 Å². The highest BCUT2D eigenvalue weighted by molar-refractivity contribution is 8.00. The number of phenolic OH excluding ortho intramolecular Hbond substituents is 1. The number of methoxy groups -OCH3 is 2. The molecule has 0 radical (unpaired) electrons. The van der Waals surface area contributed by atoms with Crippen LogP contribution in [0.1, 0.15) is 10.9 Å². The Labute approximate surface area is 149 Å². The Balaban J connectivity index is 2.05. The van der Waals surface area contributed by atoms with Gasteiger partial charge in [0.1, 0.15) is 22.6 Å². The number of amides is 1. The summed E-state index contributed by atoms with van der Waals surface area (Å²) in [5.41, 5.74) is 1.26. The summed E-state index contributed by atoms with van der Waals surface area (Å²) in [5, 5.41) is 10.3. The molecule has 2 aromatic carbocycles. The van der Waals surface area contributed by atoms with E-state index in [2.05, 4.69) is 0 Å². The number of rotatable bonds is 4. The van der Waals surface area contributed by atoms with Crippen molar-refractivity contribution >= 4 is 35.0 Å². The van der Waals surface area contributed by atoms with Gasteiger partial charge in [0.2, 0.25) is 5.91 Å². The van der Waals surface area contributed by atoms with Crippen molar-refractivity contribution in [3.05, 3.63) is 47.0 Å². The van der Waals surface area contributed by atoms with E-state index >= 15 is 0 Å². The Hall–Kier alpha value is -2.05. The van der Waals surface area contributed by atoms with Gasteiger partial charge in [0.25, 0.3) is 0 Å². The summed E-state index contributed by atoms with van der Waals surface area (Å²) in [7, 11) is 3.16. The fraction of sp³-hybridized carbons (Fsp3) is 0.235. The molecule has 2 aromatic rings. The zero-order chi connectivity index (χ0) is 17.3. The molecule has 7 heteroatoms. The van der Waals surface area contributed by atoms with Gasteiger partial charge in [-0.25, -0.2) is 0 Å². The molecule has 1 N–H and O–H groups in total. The molecule has 3 rings (SSSR count). The van der Waals surface area contributed by atoms with E-state index < -0.39 is 0 Å². The normalized spacial score (nSPS) is 17.2. The van der Waals surface area contributed by atoms with Crippen LogP contribution in [0.15, 0.2) is 36.4 Å². The molecule has 0 bridgehead atoms. The number of nitrogens with zero attached hydrogens (tertiary/aromatic N) is 1. The summed E-state index contributed by atoms with van der Waals surface area (Å²) in [6, 6.07) is 10.2. The molecular formula is C17H16ClNO4S. The minimum absolute atomic E-state index is 0.0316. The molecule has 0 aromatic heterocycles. The SMILES string of the molecule is COc1ccc(C2SCC(=O)N2c2ccc(Cl)cc2O)c(OC)c1. The standard InChI is InChI=1S/C17H16ClNO4S/c1-22-11-4-5-12(15(8-11)23-2)17-19(16(21)9-24-17)13-6-3-10(18)7-14(13)20/h3-8,17,20H,9H2,1-2H3. The summed E-state index contributed by atoms with van der Waals surface area (Å²) < 4.78 is 10.7. The Morgan fingerprint density at radius 3 is 2.67 bits per heavy atom. The van der Waals surface area contributed by atoms with Gasteiger partial charge >= 0.3 is 0 Å². The van der Waals surface area contributed by atoms with Gasteiger partial charge in [-0.15, -0.1) is 11.8 Å². The van der Waals surface area contributed by atoms with Crippen LogP contribution in [0.5, 0.6) is 17.2 Å². The van der Waals surface area contributed by atoms with Gasteiger partial charge in [-0.05, 0) is 24.3 Å². The fourth-order valence-electron chi connectivity index (χ4n) is 2.64. The highest BCUT2D eigenvalue weighted by atomic mass is 35.5. The van der Waals surface area contributed by atoms with Crippen LogP contribution < -0.4 is 14.4 Å². The number of halogens is 1. The Morgan fingerprint density at radius 1 is 1.21 bits per heavy atom. The Bertz CT molecular complexity index is 783. The molecule has 0 saturated carbocycles. The van der Waals surface area contributed by atoms with Gasteiger partial charge in [-0.3, -0.25) is 9.69 Å². The van der Waals surface area contributed by atoms with Crippen LogP contribution in [0.4, 0.5) is 5.69 Å². The molecule has 126 valence electrons. The molecule has 1 amide bonds. The van der Waals surface area contributed by atoms with E-state index in [0.29, 0.717) is 28.0 Å². The number of aromatic hydroxyl groups is 1. The number of thioether (sulfide) groups is 1. The minimum Gasteiger partial charge on any atom is -0.506 e. The lowest BCUT2D eigenvalue weighted by atomic mass is 10.1. The Morgan fingerprint density at radius 2 is 2.00 bits per heavy atom. The van der Waals surface area contributed by atoms with E-state index in [-0.39, 0.29) is 17.0 Å². The van der Waals surface area contributed by atoms with Crippen molar-refractivity contribution in [1.29, 1.82) is 0 Å². The number of ether oxygens (including phenoxy) is 2. The maximum Gasteiger partial charge on any atom is 0.238 e. The third-order valence-electron chi connectivity index (χ3n) is 3.77. The van der Waals surface area contributed by atoms with Gasteiger partial charge in [0, 0.05) is 22.7 Å². The molecule has 24 heavy (non-hydrogen) atoms. The molecule has 1 fully saturated rings.